The summed E-state index contributed by atoms with van der Waals surface area (Å²) in [5, 5.41) is 6.13. The molecule has 2 aromatic heterocycles. The Bertz CT molecular complexity index is 1010. The summed E-state index contributed by atoms with van der Waals surface area (Å²) < 4.78 is 7.51. The Kier molecular flexibility index (Phi) is 5.30. The van der Waals surface area contributed by atoms with Gasteiger partial charge in [0.2, 0.25) is 11.9 Å². The van der Waals surface area contributed by atoms with Gasteiger partial charge in [-0.25, -0.2) is 4.98 Å². The van der Waals surface area contributed by atoms with Gasteiger partial charge in [-0.15, -0.1) is 0 Å². The van der Waals surface area contributed by atoms with Gasteiger partial charge in [-0.1, -0.05) is 0 Å². The van der Waals surface area contributed by atoms with Gasteiger partial charge in [0.15, 0.2) is 17.0 Å². The molecule has 1 aliphatic heterocycles. The maximum atomic E-state index is 11.2. The Morgan fingerprint density at radius 3 is 2.45 bits per heavy atom. The summed E-state index contributed by atoms with van der Waals surface area (Å²) in [6, 6.07) is 7.72. The number of hydrogen-bond acceptors (Lipinski definition) is 7. The Morgan fingerprint density at radius 1 is 1.10 bits per heavy atom. The van der Waals surface area contributed by atoms with E-state index in [-0.39, 0.29) is 11.9 Å². The number of fused-ring (bicyclic) bond motifs is 1. The van der Waals surface area contributed by atoms with Crippen molar-refractivity contribution in [1.29, 1.82) is 0 Å². The maximum absolute atomic E-state index is 11.2. The molecule has 0 atom stereocenters. The van der Waals surface area contributed by atoms with Crippen molar-refractivity contribution < 1.29 is 9.53 Å². The van der Waals surface area contributed by atoms with E-state index >= 15 is 0 Å². The number of imidazole rings is 1. The van der Waals surface area contributed by atoms with E-state index in [4.69, 9.17) is 14.7 Å². The predicted octanol–water partition coefficient (Wildman–Crippen LogP) is 2.95. The van der Waals surface area contributed by atoms with Gasteiger partial charge >= 0.3 is 0 Å². The van der Waals surface area contributed by atoms with Gasteiger partial charge in [-0.05, 0) is 38.1 Å². The van der Waals surface area contributed by atoms with E-state index in [1.165, 1.54) is 6.92 Å². The van der Waals surface area contributed by atoms with Crippen LogP contribution in [0, 0.1) is 0 Å². The third kappa shape index (κ3) is 4.14. The largest absolute Gasteiger partial charge is 0.378 e. The molecular weight excluding hydrogens is 370 g/mol. The van der Waals surface area contributed by atoms with Crippen LogP contribution in [-0.2, 0) is 9.53 Å². The molecule has 0 bridgehead atoms. The van der Waals surface area contributed by atoms with Crippen LogP contribution in [-0.4, -0.2) is 51.7 Å². The number of morpholine rings is 1. The SMILES string of the molecule is CC(=O)Nc1ccc(Nc2nc(N3CCOCC3)nc3c2ncn3C(C)C)cc1. The number of nitrogens with zero attached hydrogens (tertiary/aromatic N) is 5. The first kappa shape index (κ1) is 19.1. The van der Waals surface area contributed by atoms with Crippen molar-refractivity contribution in [2.75, 3.05) is 41.8 Å². The predicted molar refractivity (Wildman–Crippen MR) is 113 cm³/mol. The summed E-state index contributed by atoms with van der Waals surface area (Å²) in [5.41, 5.74) is 3.12. The van der Waals surface area contributed by atoms with Crippen LogP contribution in [0.4, 0.5) is 23.1 Å². The average Bonchev–Trinajstić information content (AvgIpc) is 3.14. The zero-order chi connectivity index (χ0) is 20.4. The van der Waals surface area contributed by atoms with Crippen LogP contribution in [0.3, 0.4) is 0 Å². The lowest BCUT2D eigenvalue weighted by Crippen LogP contribution is -2.37. The Labute approximate surface area is 169 Å². The number of carbonyl (C=O) groups excluding carboxylic acids is 1. The van der Waals surface area contributed by atoms with Crippen LogP contribution in [0.5, 0.6) is 0 Å². The highest BCUT2D eigenvalue weighted by molar-refractivity contribution is 5.89. The zero-order valence-electron chi connectivity index (χ0n) is 16.8. The molecule has 152 valence electrons. The molecule has 1 fully saturated rings. The Morgan fingerprint density at radius 2 is 1.79 bits per heavy atom. The van der Waals surface area contributed by atoms with Crippen LogP contribution in [0.1, 0.15) is 26.8 Å². The second kappa shape index (κ2) is 8.04. The molecule has 4 rings (SSSR count). The lowest BCUT2D eigenvalue weighted by molar-refractivity contribution is -0.114. The van der Waals surface area contributed by atoms with E-state index < -0.39 is 0 Å². The molecule has 1 amide bonds. The minimum Gasteiger partial charge on any atom is -0.378 e. The summed E-state index contributed by atoms with van der Waals surface area (Å²) in [6.45, 7) is 8.54. The van der Waals surface area contributed by atoms with Gasteiger partial charge in [0.05, 0.1) is 19.5 Å². The summed E-state index contributed by atoms with van der Waals surface area (Å²) in [4.78, 5) is 27.5. The Hall–Kier alpha value is -3.20. The van der Waals surface area contributed by atoms with E-state index in [0.717, 1.165) is 35.6 Å². The monoisotopic (exact) mass is 395 g/mol. The van der Waals surface area contributed by atoms with Crippen LogP contribution < -0.4 is 15.5 Å². The van der Waals surface area contributed by atoms with Crippen molar-refractivity contribution >= 4 is 40.2 Å². The second-order valence-corrected chi connectivity index (χ2v) is 7.27. The van der Waals surface area contributed by atoms with Crippen molar-refractivity contribution in [3.8, 4) is 0 Å². The van der Waals surface area contributed by atoms with E-state index in [0.29, 0.717) is 25.0 Å². The average molecular weight is 395 g/mol. The molecule has 1 saturated heterocycles. The number of rotatable bonds is 5. The molecule has 0 radical (unpaired) electrons. The van der Waals surface area contributed by atoms with Gasteiger partial charge in [-0.3, -0.25) is 4.79 Å². The highest BCUT2D eigenvalue weighted by Gasteiger charge is 2.20. The molecule has 0 unspecified atom stereocenters. The molecule has 9 nitrogen and oxygen atoms in total. The summed E-state index contributed by atoms with van der Waals surface area (Å²) in [6.07, 6.45) is 1.80. The fourth-order valence-electron chi connectivity index (χ4n) is 3.25. The van der Waals surface area contributed by atoms with Gasteiger partial charge in [-0.2, -0.15) is 9.97 Å². The summed E-state index contributed by atoms with van der Waals surface area (Å²) in [5.74, 6) is 1.22. The van der Waals surface area contributed by atoms with Gasteiger partial charge in [0.25, 0.3) is 0 Å². The Balaban J connectivity index is 1.70. The molecular formula is C20H25N7O2. The molecule has 3 aromatic rings. The van der Waals surface area contributed by atoms with Crippen molar-refractivity contribution in [2.24, 2.45) is 0 Å². The standard InChI is InChI=1S/C20H25N7O2/c1-13(2)27-12-21-17-18(23-16-6-4-15(5-7-16)22-14(3)28)24-20(25-19(17)27)26-8-10-29-11-9-26/h4-7,12-13H,8-11H2,1-3H3,(H,22,28)(H,23,24,25). The fourth-order valence-corrected chi connectivity index (χ4v) is 3.25. The lowest BCUT2D eigenvalue weighted by atomic mass is 10.2. The van der Waals surface area contributed by atoms with Crippen molar-refractivity contribution in [3.63, 3.8) is 0 Å². The molecule has 29 heavy (non-hydrogen) atoms. The highest BCUT2D eigenvalue weighted by Crippen LogP contribution is 2.28. The minimum absolute atomic E-state index is 0.0994. The van der Waals surface area contributed by atoms with E-state index in [1.807, 2.05) is 28.8 Å². The quantitative estimate of drug-likeness (QED) is 0.685. The summed E-state index contributed by atoms with van der Waals surface area (Å²) in [7, 11) is 0. The zero-order valence-corrected chi connectivity index (χ0v) is 16.8. The number of benzene rings is 1. The molecule has 3 heterocycles. The summed E-state index contributed by atoms with van der Waals surface area (Å²) >= 11 is 0. The van der Waals surface area contributed by atoms with Crippen LogP contribution in [0.25, 0.3) is 11.2 Å². The number of anilines is 4. The third-order valence-corrected chi connectivity index (χ3v) is 4.73. The van der Waals surface area contributed by atoms with E-state index in [9.17, 15) is 4.79 Å². The van der Waals surface area contributed by atoms with Crippen LogP contribution >= 0.6 is 0 Å². The number of hydrogen-bond donors (Lipinski definition) is 2. The molecule has 1 aromatic carbocycles. The van der Waals surface area contributed by atoms with Gasteiger partial charge in [0.1, 0.15) is 0 Å². The van der Waals surface area contributed by atoms with Crippen LogP contribution in [0.15, 0.2) is 30.6 Å². The van der Waals surface area contributed by atoms with Crippen LogP contribution in [0.2, 0.25) is 0 Å². The number of amides is 1. The van der Waals surface area contributed by atoms with Gasteiger partial charge < -0.3 is 24.8 Å². The van der Waals surface area contributed by atoms with E-state index in [1.54, 1.807) is 6.33 Å². The first-order valence-electron chi connectivity index (χ1n) is 9.73. The number of aromatic nitrogens is 4. The molecule has 9 heteroatoms. The van der Waals surface area contributed by atoms with Crippen molar-refractivity contribution in [2.45, 2.75) is 26.8 Å². The normalized spacial score (nSPS) is 14.4. The fraction of sp³-hybridized carbons (Fsp3) is 0.400. The number of ether oxygens (including phenoxy) is 1. The smallest absolute Gasteiger partial charge is 0.229 e. The lowest BCUT2D eigenvalue weighted by Gasteiger charge is -2.27. The molecule has 0 aliphatic carbocycles. The molecule has 0 spiro atoms. The number of carbonyl (C=O) groups is 1. The van der Waals surface area contributed by atoms with Crippen molar-refractivity contribution in [3.05, 3.63) is 30.6 Å². The minimum atomic E-state index is -0.0994. The topological polar surface area (TPSA) is 97.2 Å². The van der Waals surface area contributed by atoms with Gasteiger partial charge in [0, 0.05) is 37.4 Å². The third-order valence-electron chi connectivity index (χ3n) is 4.73. The van der Waals surface area contributed by atoms with E-state index in [2.05, 4.69) is 34.4 Å². The first-order chi connectivity index (χ1) is 14.0. The maximum Gasteiger partial charge on any atom is 0.229 e. The first-order valence-corrected chi connectivity index (χ1v) is 9.73. The second-order valence-electron chi connectivity index (χ2n) is 7.27. The molecule has 0 saturated carbocycles. The van der Waals surface area contributed by atoms with Crippen molar-refractivity contribution in [1.82, 2.24) is 19.5 Å². The highest BCUT2D eigenvalue weighted by atomic mass is 16.5. The molecule has 1 aliphatic rings. The molecule has 2 N–H and O–H groups in total. The number of nitrogens with one attached hydrogen (secondary N) is 2.